The molecule has 0 spiro atoms. The van der Waals surface area contributed by atoms with Crippen molar-refractivity contribution in [3.8, 4) is 0 Å². The summed E-state index contributed by atoms with van der Waals surface area (Å²) in [5, 5.41) is 0. The molecule has 0 atom stereocenters. The van der Waals surface area contributed by atoms with Crippen molar-refractivity contribution in [3.63, 3.8) is 0 Å². The molecule has 1 aliphatic rings. The van der Waals surface area contributed by atoms with E-state index < -0.39 is 0 Å². The zero-order chi connectivity index (χ0) is 9.68. The number of rotatable bonds is 5. The first kappa shape index (κ1) is 10.5. The van der Waals surface area contributed by atoms with Crippen molar-refractivity contribution in [1.29, 1.82) is 0 Å². The van der Waals surface area contributed by atoms with Crippen LogP contribution in [0.5, 0.6) is 0 Å². The molecule has 0 radical (unpaired) electrons. The first-order valence-corrected chi connectivity index (χ1v) is 4.98. The van der Waals surface area contributed by atoms with E-state index in [1.54, 1.807) is 0 Å². The highest BCUT2D eigenvalue weighted by Crippen LogP contribution is 2.27. The van der Waals surface area contributed by atoms with Crippen molar-refractivity contribution in [2.45, 2.75) is 39.2 Å². The van der Waals surface area contributed by atoms with Crippen molar-refractivity contribution in [3.05, 3.63) is 0 Å². The molecule has 1 fully saturated rings. The van der Waals surface area contributed by atoms with E-state index >= 15 is 0 Å². The minimum atomic E-state index is -0.0430. The molecule has 1 saturated carbocycles. The quantitative estimate of drug-likeness (QED) is 0.484. The molecule has 0 unspecified atom stereocenters. The molecule has 0 heterocycles. The molecule has 1 aliphatic carbocycles. The van der Waals surface area contributed by atoms with E-state index in [-0.39, 0.29) is 18.0 Å². The number of hydrogen-bond acceptors (Lipinski definition) is 3. The summed E-state index contributed by atoms with van der Waals surface area (Å²) in [6, 6.07) is 0. The molecule has 0 bridgehead atoms. The number of ether oxygens (including phenoxy) is 2. The Hall–Kier alpha value is -0.570. The molecule has 3 nitrogen and oxygen atoms in total. The summed E-state index contributed by atoms with van der Waals surface area (Å²) in [6.07, 6.45) is 3.39. The Bertz CT molecular complexity index is 162. The Balaban J connectivity index is 1.95. The zero-order valence-corrected chi connectivity index (χ0v) is 8.41. The molecule has 0 aromatic rings. The van der Waals surface area contributed by atoms with Gasteiger partial charge in [-0.1, -0.05) is 6.42 Å². The number of hydrogen-bond donors (Lipinski definition) is 0. The summed E-state index contributed by atoms with van der Waals surface area (Å²) in [5.74, 6) is 0.137. The van der Waals surface area contributed by atoms with Crippen molar-refractivity contribution in [1.82, 2.24) is 0 Å². The second-order valence-electron chi connectivity index (χ2n) is 3.71. The summed E-state index contributed by atoms with van der Waals surface area (Å²) >= 11 is 0. The lowest BCUT2D eigenvalue weighted by Crippen LogP contribution is -2.25. The monoisotopic (exact) mass is 186 g/mol. The van der Waals surface area contributed by atoms with Gasteiger partial charge in [0.1, 0.15) is 6.61 Å². The van der Waals surface area contributed by atoms with Crippen LogP contribution in [0, 0.1) is 5.92 Å². The molecular formula is C10H18O3. The first-order valence-electron chi connectivity index (χ1n) is 4.98. The van der Waals surface area contributed by atoms with E-state index in [2.05, 4.69) is 0 Å². The molecule has 1 rings (SSSR count). The van der Waals surface area contributed by atoms with Gasteiger partial charge in [-0.05, 0) is 26.7 Å². The summed E-state index contributed by atoms with van der Waals surface area (Å²) < 4.78 is 10.3. The lowest BCUT2D eigenvalue weighted by atomic mass is 9.86. The molecule has 0 aromatic heterocycles. The van der Waals surface area contributed by atoms with Gasteiger partial charge in [0, 0.05) is 0 Å². The van der Waals surface area contributed by atoms with Gasteiger partial charge in [-0.15, -0.1) is 0 Å². The van der Waals surface area contributed by atoms with E-state index in [0.717, 1.165) is 12.8 Å². The Morgan fingerprint density at radius 3 is 2.54 bits per heavy atom. The van der Waals surface area contributed by atoms with Crippen LogP contribution in [0.2, 0.25) is 0 Å². The van der Waals surface area contributed by atoms with Crippen molar-refractivity contribution in [2.75, 3.05) is 13.2 Å². The van der Waals surface area contributed by atoms with Gasteiger partial charge in [0.25, 0.3) is 0 Å². The molecule has 0 aromatic carbocycles. The SMILES string of the molecule is CC(C)OCCOC(=O)C1CCC1. The maximum atomic E-state index is 11.2. The molecular weight excluding hydrogens is 168 g/mol. The van der Waals surface area contributed by atoms with E-state index in [4.69, 9.17) is 9.47 Å². The third-order valence-corrected chi connectivity index (χ3v) is 2.22. The molecule has 13 heavy (non-hydrogen) atoms. The Morgan fingerprint density at radius 1 is 1.38 bits per heavy atom. The lowest BCUT2D eigenvalue weighted by molar-refractivity contribution is -0.153. The van der Waals surface area contributed by atoms with Crippen LogP contribution in [0.1, 0.15) is 33.1 Å². The third-order valence-electron chi connectivity index (χ3n) is 2.22. The Labute approximate surface area is 79.4 Å². The van der Waals surface area contributed by atoms with Crippen LogP contribution < -0.4 is 0 Å². The van der Waals surface area contributed by atoms with Crippen LogP contribution >= 0.6 is 0 Å². The summed E-state index contributed by atoms with van der Waals surface area (Å²) in [4.78, 5) is 11.2. The smallest absolute Gasteiger partial charge is 0.309 e. The van der Waals surface area contributed by atoms with Gasteiger partial charge in [-0.3, -0.25) is 4.79 Å². The fourth-order valence-electron chi connectivity index (χ4n) is 1.19. The highest BCUT2D eigenvalue weighted by atomic mass is 16.6. The maximum absolute atomic E-state index is 11.2. The van der Waals surface area contributed by atoms with Crippen LogP contribution in [0.15, 0.2) is 0 Å². The van der Waals surface area contributed by atoms with Crippen molar-refractivity contribution >= 4 is 5.97 Å². The fraction of sp³-hybridized carbons (Fsp3) is 0.900. The lowest BCUT2D eigenvalue weighted by Gasteiger charge is -2.23. The van der Waals surface area contributed by atoms with Crippen LogP contribution in [0.4, 0.5) is 0 Å². The van der Waals surface area contributed by atoms with Gasteiger partial charge < -0.3 is 9.47 Å². The number of carbonyl (C=O) groups is 1. The molecule has 0 amide bonds. The third kappa shape index (κ3) is 3.77. The average molecular weight is 186 g/mol. The summed E-state index contributed by atoms with van der Waals surface area (Å²) in [7, 11) is 0. The minimum Gasteiger partial charge on any atom is -0.463 e. The maximum Gasteiger partial charge on any atom is 0.309 e. The zero-order valence-electron chi connectivity index (χ0n) is 8.41. The van der Waals surface area contributed by atoms with Crippen LogP contribution in [0.25, 0.3) is 0 Å². The highest BCUT2D eigenvalue weighted by Gasteiger charge is 2.26. The predicted molar refractivity (Wildman–Crippen MR) is 49.4 cm³/mol. The van der Waals surface area contributed by atoms with E-state index in [1.165, 1.54) is 6.42 Å². The number of carbonyl (C=O) groups excluding carboxylic acids is 1. The summed E-state index contributed by atoms with van der Waals surface area (Å²) in [6.45, 7) is 4.84. The Kier molecular flexibility index (Phi) is 4.22. The summed E-state index contributed by atoms with van der Waals surface area (Å²) in [5.41, 5.74) is 0. The normalized spacial score (nSPS) is 17.2. The van der Waals surface area contributed by atoms with Gasteiger partial charge in [-0.2, -0.15) is 0 Å². The minimum absolute atomic E-state index is 0.0430. The average Bonchev–Trinajstić information content (AvgIpc) is 1.94. The van der Waals surface area contributed by atoms with Gasteiger partial charge in [0.15, 0.2) is 0 Å². The standard InChI is InChI=1S/C10H18O3/c1-8(2)12-6-7-13-10(11)9-4-3-5-9/h8-9H,3-7H2,1-2H3. The van der Waals surface area contributed by atoms with Crippen molar-refractivity contribution in [2.24, 2.45) is 5.92 Å². The second kappa shape index (κ2) is 5.22. The fourth-order valence-corrected chi connectivity index (χ4v) is 1.19. The van der Waals surface area contributed by atoms with Gasteiger partial charge in [-0.25, -0.2) is 0 Å². The van der Waals surface area contributed by atoms with E-state index in [1.807, 2.05) is 13.8 Å². The van der Waals surface area contributed by atoms with Crippen LogP contribution in [-0.4, -0.2) is 25.3 Å². The van der Waals surface area contributed by atoms with Gasteiger partial charge in [0.05, 0.1) is 18.6 Å². The van der Waals surface area contributed by atoms with Gasteiger partial charge >= 0.3 is 5.97 Å². The second-order valence-corrected chi connectivity index (χ2v) is 3.71. The molecule has 0 saturated heterocycles. The molecule has 0 N–H and O–H groups in total. The highest BCUT2D eigenvalue weighted by molar-refractivity contribution is 5.73. The molecule has 0 aliphatic heterocycles. The van der Waals surface area contributed by atoms with Gasteiger partial charge in [0.2, 0.25) is 0 Å². The first-order chi connectivity index (χ1) is 6.20. The largest absolute Gasteiger partial charge is 0.463 e. The van der Waals surface area contributed by atoms with Crippen LogP contribution in [-0.2, 0) is 14.3 Å². The van der Waals surface area contributed by atoms with Crippen LogP contribution in [0.3, 0.4) is 0 Å². The number of esters is 1. The molecule has 3 heteroatoms. The van der Waals surface area contributed by atoms with E-state index in [9.17, 15) is 4.79 Å². The molecule has 76 valence electrons. The Morgan fingerprint density at radius 2 is 2.08 bits per heavy atom. The van der Waals surface area contributed by atoms with Crippen molar-refractivity contribution < 1.29 is 14.3 Å². The topological polar surface area (TPSA) is 35.5 Å². The predicted octanol–water partition coefficient (Wildman–Crippen LogP) is 1.75. The van der Waals surface area contributed by atoms with E-state index in [0.29, 0.717) is 13.2 Å².